The van der Waals surface area contributed by atoms with Gasteiger partial charge in [-0.25, -0.2) is 0 Å². The minimum atomic E-state index is 0.539. The predicted molar refractivity (Wildman–Crippen MR) is 82.9 cm³/mol. The Morgan fingerprint density at radius 3 is 2.11 bits per heavy atom. The van der Waals surface area contributed by atoms with Crippen molar-refractivity contribution in [1.82, 2.24) is 0 Å². The van der Waals surface area contributed by atoms with E-state index in [1.54, 1.807) is 0 Å². The molecule has 0 aromatic heterocycles. The van der Waals surface area contributed by atoms with E-state index in [1.165, 1.54) is 0 Å². The van der Waals surface area contributed by atoms with Crippen LogP contribution in [0.25, 0.3) is 0 Å². The van der Waals surface area contributed by atoms with Crippen LogP contribution in [-0.2, 0) is 6.54 Å². The summed E-state index contributed by atoms with van der Waals surface area (Å²) < 4.78 is 0.829. The van der Waals surface area contributed by atoms with Gasteiger partial charge in [0.15, 0.2) is 0 Å². The summed E-state index contributed by atoms with van der Waals surface area (Å²) in [5.41, 5.74) is 1.77. The van der Waals surface area contributed by atoms with Gasteiger partial charge in [0.2, 0.25) is 0 Å². The molecular formula is C13H9BrCl3N. The molecule has 0 bridgehead atoms. The van der Waals surface area contributed by atoms with Crippen molar-refractivity contribution in [3.8, 4) is 0 Å². The fourth-order valence-corrected chi connectivity index (χ4v) is 2.64. The Morgan fingerprint density at radius 1 is 0.889 bits per heavy atom. The smallest absolute Gasteiger partial charge is 0.0593 e. The summed E-state index contributed by atoms with van der Waals surface area (Å²) in [6.45, 7) is 0.539. The molecule has 0 saturated carbocycles. The van der Waals surface area contributed by atoms with Crippen molar-refractivity contribution >= 4 is 56.4 Å². The lowest BCUT2D eigenvalue weighted by molar-refractivity contribution is 1.15. The van der Waals surface area contributed by atoms with E-state index in [-0.39, 0.29) is 0 Å². The summed E-state index contributed by atoms with van der Waals surface area (Å²) >= 11 is 21.7. The third-order valence-electron chi connectivity index (χ3n) is 2.47. The maximum Gasteiger partial charge on any atom is 0.0593 e. The van der Waals surface area contributed by atoms with E-state index in [9.17, 15) is 0 Å². The van der Waals surface area contributed by atoms with Crippen molar-refractivity contribution < 1.29 is 0 Å². The summed E-state index contributed by atoms with van der Waals surface area (Å²) in [5.74, 6) is 0. The third kappa shape index (κ3) is 3.12. The van der Waals surface area contributed by atoms with Gasteiger partial charge in [0.05, 0.1) is 15.2 Å². The molecule has 0 unspecified atom stereocenters. The van der Waals surface area contributed by atoms with Gasteiger partial charge in [-0.15, -0.1) is 0 Å². The quantitative estimate of drug-likeness (QED) is 0.701. The topological polar surface area (TPSA) is 12.0 Å². The molecule has 5 heteroatoms. The predicted octanol–water partition coefficient (Wildman–Crippen LogP) is 6.02. The Labute approximate surface area is 129 Å². The van der Waals surface area contributed by atoms with E-state index in [4.69, 9.17) is 34.8 Å². The Kier molecular flexibility index (Phi) is 4.79. The first kappa shape index (κ1) is 14.0. The minimum absolute atomic E-state index is 0.539. The molecule has 0 aliphatic rings. The Hall–Kier alpha value is -0.410. The van der Waals surface area contributed by atoms with Crippen LogP contribution >= 0.6 is 50.7 Å². The summed E-state index contributed by atoms with van der Waals surface area (Å²) in [7, 11) is 0. The molecule has 0 heterocycles. The lowest BCUT2D eigenvalue weighted by Gasteiger charge is -2.11. The maximum absolute atomic E-state index is 6.10. The molecule has 0 aliphatic carbocycles. The molecule has 0 saturated heterocycles. The Bertz CT molecular complexity index is 552. The first-order chi connectivity index (χ1) is 8.59. The second-order valence-electron chi connectivity index (χ2n) is 3.66. The van der Waals surface area contributed by atoms with Gasteiger partial charge in [-0.1, -0.05) is 46.9 Å². The normalized spacial score (nSPS) is 10.4. The zero-order valence-electron chi connectivity index (χ0n) is 9.18. The second-order valence-corrected chi connectivity index (χ2v) is 5.67. The summed E-state index contributed by atoms with van der Waals surface area (Å²) in [6, 6.07) is 11.1. The highest BCUT2D eigenvalue weighted by atomic mass is 79.9. The lowest BCUT2D eigenvalue weighted by Crippen LogP contribution is -2.01. The lowest BCUT2D eigenvalue weighted by atomic mass is 10.2. The number of benzene rings is 2. The standard InChI is InChI=1S/C13H9BrCl3N/c14-13-11(17)5-2-6-12(13)18-7-8-9(15)3-1-4-10(8)16/h1-6,18H,7H2. The van der Waals surface area contributed by atoms with Gasteiger partial charge in [0.1, 0.15) is 0 Å². The maximum atomic E-state index is 6.10. The largest absolute Gasteiger partial charge is 0.380 e. The van der Waals surface area contributed by atoms with Crippen molar-refractivity contribution in [3.63, 3.8) is 0 Å². The average molecular weight is 365 g/mol. The van der Waals surface area contributed by atoms with E-state index in [0.29, 0.717) is 21.6 Å². The molecule has 2 rings (SSSR count). The molecule has 0 atom stereocenters. The van der Waals surface area contributed by atoms with Gasteiger partial charge in [-0.2, -0.15) is 0 Å². The van der Waals surface area contributed by atoms with Crippen LogP contribution in [0.1, 0.15) is 5.56 Å². The average Bonchev–Trinajstić information content (AvgIpc) is 2.33. The highest BCUT2D eigenvalue weighted by Gasteiger charge is 2.07. The van der Waals surface area contributed by atoms with Crippen molar-refractivity contribution in [2.75, 3.05) is 5.32 Å². The van der Waals surface area contributed by atoms with Gasteiger partial charge >= 0.3 is 0 Å². The van der Waals surface area contributed by atoms with Crippen molar-refractivity contribution in [3.05, 3.63) is 61.5 Å². The van der Waals surface area contributed by atoms with Crippen molar-refractivity contribution in [2.45, 2.75) is 6.54 Å². The first-order valence-electron chi connectivity index (χ1n) is 5.20. The monoisotopic (exact) mass is 363 g/mol. The van der Waals surface area contributed by atoms with Crippen LogP contribution in [0, 0.1) is 0 Å². The number of rotatable bonds is 3. The molecule has 0 fully saturated rings. The zero-order chi connectivity index (χ0) is 13.1. The molecule has 0 aliphatic heterocycles. The van der Waals surface area contributed by atoms with E-state index < -0.39 is 0 Å². The third-order valence-corrected chi connectivity index (χ3v) is 4.57. The highest BCUT2D eigenvalue weighted by Crippen LogP contribution is 2.31. The molecular weight excluding hydrogens is 356 g/mol. The van der Waals surface area contributed by atoms with Crippen LogP contribution in [-0.4, -0.2) is 0 Å². The molecule has 0 radical (unpaired) electrons. The molecule has 1 nitrogen and oxygen atoms in total. The fourth-order valence-electron chi connectivity index (χ4n) is 1.53. The second kappa shape index (κ2) is 6.16. The molecule has 1 N–H and O–H groups in total. The zero-order valence-corrected chi connectivity index (χ0v) is 13.0. The van der Waals surface area contributed by atoms with E-state index >= 15 is 0 Å². The molecule has 18 heavy (non-hydrogen) atoms. The molecule has 0 amide bonds. The molecule has 0 spiro atoms. The van der Waals surface area contributed by atoms with Crippen LogP contribution in [0.5, 0.6) is 0 Å². The fraction of sp³-hybridized carbons (Fsp3) is 0.0769. The number of hydrogen-bond donors (Lipinski definition) is 1. The number of anilines is 1. The van der Waals surface area contributed by atoms with Gasteiger partial charge in [0, 0.05) is 22.2 Å². The SMILES string of the molecule is Clc1cccc(NCc2c(Cl)cccc2Cl)c1Br. The number of nitrogens with one attached hydrogen (secondary N) is 1. The van der Waals surface area contributed by atoms with E-state index in [1.807, 2.05) is 36.4 Å². The van der Waals surface area contributed by atoms with Crippen LogP contribution in [0.4, 0.5) is 5.69 Å². The van der Waals surface area contributed by atoms with Crippen LogP contribution in [0.2, 0.25) is 15.1 Å². The molecule has 94 valence electrons. The van der Waals surface area contributed by atoms with Gasteiger partial charge < -0.3 is 5.32 Å². The highest BCUT2D eigenvalue weighted by molar-refractivity contribution is 9.10. The van der Waals surface area contributed by atoms with Crippen molar-refractivity contribution in [2.24, 2.45) is 0 Å². The number of hydrogen-bond acceptors (Lipinski definition) is 1. The Morgan fingerprint density at radius 2 is 1.44 bits per heavy atom. The first-order valence-corrected chi connectivity index (χ1v) is 7.13. The van der Waals surface area contributed by atoms with Crippen LogP contribution in [0.3, 0.4) is 0 Å². The van der Waals surface area contributed by atoms with Gasteiger partial charge in [-0.05, 0) is 40.2 Å². The molecule has 2 aromatic carbocycles. The summed E-state index contributed by atoms with van der Waals surface area (Å²) in [4.78, 5) is 0. The van der Waals surface area contributed by atoms with Crippen molar-refractivity contribution in [1.29, 1.82) is 0 Å². The van der Waals surface area contributed by atoms with Gasteiger partial charge in [0.25, 0.3) is 0 Å². The number of halogens is 4. The van der Waals surface area contributed by atoms with Crippen LogP contribution in [0.15, 0.2) is 40.9 Å². The summed E-state index contributed by atoms with van der Waals surface area (Å²) in [5, 5.41) is 5.20. The Balaban J connectivity index is 2.19. The summed E-state index contributed by atoms with van der Waals surface area (Å²) in [6.07, 6.45) is 0. The van der Waals surface area contributed by atoms with E-state index in [0.717, 1.165) is 15.7 Å². The minimum Gasteiger partial charge on any atom is -0.380 e. The molecule has 2 aromatic rings. The van der Waals surface area contributed by atoms with Crippen LogP contribution < -0.4 is 5.32 Å². The van der Waals surface area contributed by atoms with E-state index in [2.05, 4.69) is 21.2 Å². The van der Waals surface area contributed by atoms with Gasteiger partial charge in [-0.3, -0.25) is 0 Å².